The number of carbonyl (C=O) groups excluding carboxylic acids is 2. The number of carbonyl (C=O) groups is 2. The minimum atomic E-state index is -0.647. The van der Waals surface area contributed by atoms with Gasteiger partial charge in [-0.2, -0.15) is 0 Å². The minimum absolute atomic E-state index is 0.266. The van der Waals surface area contributed by atoms with Crippen LogP contribution in [0.4, 0.5) is 16.3 Å². The van der Waals surface area contributed by atoms with Gasteiger partial charge < -0.3 is 16.4 Å². The van der Waals surface area contributed by atoms with Crippen molar-refractivity contribution in [3.05, 3.63) is 53.7 Å². The Bertz CT molecular complexity index is 638. The van der Waals surface area contributed by atoms with E-state index in [1.807, 2.05) is 13.0 Å². The van der Waals surface area contributed by atoms with E-state index in [0.717, 1.165) is 5.56 Å². The van der Waals surface area contributed by atoms with Crippen LogP contribution in [0.3, 0.4) is 0 Å². The van der Waals surface area contributed by atoms with Crippen LogP contribution >= 0.6 is 0 Å². The summed E-state index contributed by atoms with van der Waals surface area (Å²) >= 11 is 0. The van der Waals surface area contributed by atoms with E-state index in [2.05, 4.69) is 15.6 Å². The molecule has 0 aliphatic rings. The second kappa shape index (κ2) is 5.83. The standard InChI is InChI=1S/C14H14N4O2/c1-9-3-2-8-16-12(9)18-13(19)10-4-6-11(7-5-10)17-14(15)20/h2-8H,1H3,(H3,15,17,20)(H,16,18,19). The summed E-state index contributed by atoms with van der Waals surface area (Å²) in [5, 5.41) is 5.15. The van der Waals surface area contributed by atoms with E-state index >= 15 is 0 Å². The average Bonchev–Trinajstić information content (AvgIpc) is 2.41. The fraction of sp³-hybridized carbons (Fsp3) is 0.0714. The quantitative estimate of drug-likeness (QED) is 0.797. The Hall–Kier alpha value is -2.89. The van der Waals surface area contributed by atoms with Crippen LogP contribution in [-0.4, -0.2) is 16.9 Å². The van der Waals surface area contributed by atoms with E-state index in [4.69, 9.17) is 5.73 Å². The van der Waals surface area contributed by atoms with Gasteiger partial charge in [-0.25, -0.2) is 9.78 Å². The molecule has 0 saturated heterocycles. The van der Waals surface area contributed by atoms with Crippen molar-refractivity contribution in [2.24, 2.45) is 5.73 Å². The number of hydrogen-bond donors (Lipinski definition) is 3. The SMILES string of the molecule is Cc1cccnc1NC(=O)c1ccc(NC(N)=O)cc1. The molecular weight excluding hydrogens is 256 g/mol. The van der Waals surface area contributed by atoms with E-state index in [9.17, 15) is 9.59 Å². The van der Waals surface area contributed by atoms with Gasteiger partial charge in [0.2, 0.25) is 0 Å². The number of nitrogens with zero attached hydrogens (tertiary/aromatic N) is 1. The van der Waals surface area contributed by atoms with E-state index < -0.39 is 6.03 Å². The summed E-state index contributed by atoms with van der Waals surface area (Å²) in [7, 11) is 0. The van der Waals surface area contributed by atoms with Crippen LogP contribution < -0.4 is 16.4 Å². The number of amides is 3. The maximum Gasteiger partial charge on any atom is 0.316 e. The van der Waals surface area contributed by atoms with Gasteiger partial charge in [0.25, 0.3) is 5.91 Å². The second-order valence-electron chi connectivity index (χ2n) is 4.19. The van der Waals surface area contributed by atoms with Gasteiger partial charge in [-0.1, -0.05) is 6.07 Å². The molecule has 4 N–H and O–H groups in total. The number of anilines is 2. The highest BCUT2D eigenvalue weighted by Gasteiger charge is 2.08. The number of nitrogens with one attached hydrogen (secondary N) is 2. The molecule has 0 radical (unpaired) electrons. The van der Waals surface area contributed by atoms with E-state index in [-0.39, 0.29) is 5.91 Å². The molecule has 0 atom stereocenters. The molecule has 0 aliphatic heterocycles. The molecule has 1 aromatic carbocycles. The zero-order chi connectivity index (χ0) is 14.5. The molecular formula is C14H14N4O2. The molecule has 2 aromatic rings. The number of rotatable bonds is 3. The molecule has 102 valence electrons. The van der Waals surface area contributed by atoms with Gasteiger partial charge >= 0.3 is 6.03 Å². The molecule has 1 heterocycles. The Labute approximate surface area is 116 Å². The Morgan fingerprint density at radius 2 is 1.80 bits per heavy atom. The first-order valence-corrected chi connectivity index (χ1v) is 5.96. The molecule has 2 rings (SSSR count). The minimum Gasteiger partial charge on any atom is -0.351 e. The molecule has 0 saturated carbocycles. The lowest BCUT2D eigenvalue weighted by molar-refractivity contribution is 0.102. The van der Waals surface area contributed by atoms with Crippen LogP contribution in [0.2, 0.25) is 0 Å². The predicted octanol–water partition coefficient (Wildman–Crippen LogP) is 2.13. The summed E-state index contributed by atoms with van der Waals surface area (Å²) in [6, 6.07) is 9.41. The van der Waals surface area contributed by atoms with Crippen molar-refractivity contribution in [2.75, 3.05) is 10.6 Å². The summed E-state index contributed by atoms with van der Waals surface area (Å²) in [6.45, 7) is 1.86. The van der Waals surface area contributed by atoms with Crippen LogP contribution in [0.1, 0.15) is 15.9 Å². The fourth-order valence-electron chi connectivity index (χ4n) is 1.64. The van der Waals surface area contributed by atoms with Crippen LogP contribution in [0.5, 0.6) is 0 Å². The van der Waals surface area contributed by atoms with Gasteiger partial charge in [0.1, 0.15) is 5.82 Å². The van der Waals surface area contributed by atoms with Crippen molar-refractivity contribution in [1.82, 2.24) is 4.98 Å². The van der Waals surface area contributed by atoms with E-state index in [0.29, 0.717) is 17.1 Å². The van der Waals surface area contributed by atoms with Crippen LogP contribution in [-0.2, 0) is 0 Å². The smallest absolute Gasteiger partial charge is 0.316 e. The van der Waals surface area contributed by atoms with Gasteiger partial charge in [-0.15, -0.1) is 0 Å². The number of nitrogens with two attached hydrogens (primary N) is 1. The van der Waals surface area contributed by atoms with Gasteiger partial charge in [0.05, 0.1) is 0 Å². The number of aryl methyl sites for hydroxylation is 1. The Morgan fingerprint density at radius 1 is 1.10 bits per heavy atom. The number of urea groups is 1. The van der Waals surface area contributed by atoms with E-state index in [1.54, 1.807) is 36.5 Å². The van der Waals surface area contributed by atoms with Gasteiger partial charge in [0, 0.05) is 17.4 Å². The third-order valence-corrected chi connectivity index (χ3v) is 2.66. The van der Waals surface area contributed by atoms with Crippen molar-refractivity contribution in [2.45, 2.75) is 6.92 Å². The highest BCUT2D eigenvalue weighted by Crippen LogP contribution is 2.13. The molecule has 0 bridgehead atoms. The molecule has 0 aliphatic carbocycles. The Kier molecular flexibility index (Phi) is 3.95. The second-order valence-corrected chi connectivity index (χ2v) is 4.19. The van der Waals surface area contributed by atoms with E-state index in [1.165, 1.54) is 0 Å². The fourth-order valence-corrected chi connectivity index (χ4v) is 1.64. The largest absolute Gasteiger partial charge is 0.351 e. The summed E-state index contributed by atoms with van der Waals surface area (Å²) in [5.41, 5.74) is 6.88. The topological polar surface area (TPSA) is 97.1 Å². The summed E-state index contributed by atoms with van der Waals surface area (Å²) in [4.78, 5) is 26.8. The number of pyridine rings is 1. The lowest BCUT2D eigenvalue weighted by Crippen LogP contribution is -2.19. The molecule has 0 unspecified atom stereocenters. The highest BCUT2D eigenvalue weighted by molar-refractivity contribution is 6.04. The summed E-state index contributed by atoms with van der Waals surface area (Å²) in [6.07, 6.45) is 1.61. The Balaban J connectivity index is 2.10. The third-order valence-electron chi connectivity index (χ3n) is 2.66. The number of aromatic nitrogens is 1. The lowest BCUT2D eigenvalue weighted by atomic mass is 10.2. The molecule has 6 nitrogen and oxygen atoms in total. The van der Waals surface area contributed by atoms with Crippen molar-refractivity contribution in [3.8, 4) is 0 Å². The molecule has 0 fully saturated rings. The Morgan fingerprint density at radius 3 is 2.40 bits per heavy atom. The molecule has 3 amide bonds. The third kappa shape index (κ3) is 3.32. The van der Waals surface area contributed by atoms with Crippen molar-refractivity contribution in [1.29, 1.82) is 0 Å². The van der Waals surface area contributed by atoms with Gasteiger partial charge in [-0.3, -0.25) is 4.79 Å². The zero-order valence-corrected chi connectivity index (χ0v) is 10.9. The van der Waals surface area contributed by atoms with Crippen molar-refractivity contribution < 1.29 is 9.59 Å². The van der Waals surface area contributed by atoms with Crippen molar-refractivity contribution in [3.63, 3.8) is 0 Å². The maximum atomic E-state index is 12.0. The zero-order valence-electron chi connectivity index (χ0n) is 10.9. The number of primary amides is 1. The first-order valence-electron chi connectivity index (χ1n) is 5.96. The average molecular weight is 270 g/mol. The normalized spacial score (nSPS) is 9.85. The van der Waals surface area contributed by atoms with Crippen LogP contribution in [0.15, 0.2) is 42.6 Å². The van der Waals surface area contributed by atoms with Crippen molar-refractivity contribution >= 4 is 23.4 Å². The van der Waals surface area contributed by atoms with Gasteiger partial charge in [0.15, 0.2) is 0 Å². The summed E-state index contributed by atoms with van der Waals surface area (Å²) < 4.78 is 0. The summed E-state index contributed by atoms with van der Waals surface area (Å²) in [5.74, 6) is 0.259. The van der Waals surface area contributed by atoms with Gasteiger partial charge in [-0.05, 0) is 42.8 Å². The van der Waals surface area contributed by atoms with Crippen LogP contribution in [0, 0.1) is 6.92 Å². The molecule has 20 heavy (non-hydrogen) atoms. The molecule has 0 spiro atoms. The maximum absolute atomic E-state index is 12.0. The monoisotopic (exact) mass is 270 g/mol. The first-order chi connectivity index (χ1) is 9.56. The lowest BCUT2D eigenvalue weighted by Gasteiger charge is -2.07. The molecule has 1 aromatic heterocycles. The highest BCUT2D eigenvalue weighted by atomic mass is 16.2. The predicted molar refractivity (Wildman–Crippen MR) is 76.6 cm³/mol. The number of hydrogen-bond acceptors (Lipinski definition) is 3. The molecule has 6 heteroatoms. The first kappa shape index (κ1) is 13.5. The van der Waals surface area contributed by atoms with Crippen LogP contribution in [0.25, 0.3) is 0 Å². The number of benzene rings is 1.